The number of fused-ring (bicyclic) bond motifs is 1. The highest BCUT2D eigenvalue weighted by Crippen LogP contribution is 2.38. The third-order valence-electron chi connectivity index (χ3n) is 5.73. The predicted molar refractivity (Wildman–Crippen MR) is 123 cm³/mol. The van der Waals surface area contributed by atoms with E-state index in [1.54, 1.807) is 0 Å². The number of nitrogens with one attached hydrogen (secondary N) is 1. The van der Waals surface area contributed by atoms with Crippen molar-refractivity contribution < 1.29 is 4.74 Å². The maximum absolute atomic E-state index is 5.66. The van der Waals surface area contributed by atoms with E-state index in [9.17, 15) is 0 Å². The second-order valence-electron chi connectivity index (χ2n) is 7.64. The number of halogens is 1. The highest BCUT2D eigenvalue weighted by Gasteiger charge is 2.42. The van der Waals surface area contributed by atoms with Crippen LogP contribution in [0.3, 0.4) is 0 Å². The van der Waals surface area contributed by atoms with Crippen molar-refractivity contribution >= 4 is 40.7 Å². The van der Waals surface area contributed by atoms with E-state index in [4.69, 9.17) is 9.73 Å². The lowest BCUT2D eigenvalue weighted by atomic mass is 9.87. The third kappa shape index (κ3) is 4.74. The van der Waals surface area contributed by atoms with Crippen LogP contribution in [0.2, 0.25) is 0 Å². The molecule has 0 amide bonds. The average molecular weight is 479 g/mol. The fraction of sp³-hybridized carbons (Fsp3) is 0.500. The van der Waals surface area contributed by atoms with Gasteiger partial charge in [0.15, 0.2) is 5.96 Å². The SMILES string of the molecule is CCNC(=NCCc1ccc2ccccc2c1)N1CCC2(CCOC2)C1.I. The zero-order chi connectivity index (χ0) is 17.8. The summed E-state index contributed by atoms with van der Waals surface area (Å²) >= 11 is 0. The Morgan fingerprint density at radius 3 is 2.81 bits per heavy atom. The summed E-state index contributed by atoms with van der Waals surface area (Å²) in [5.41, 5.74) is 1.72. The summed E-state index contributed by atoms with van der Waals surface area (Å²) in [6, 6.07) is 15.3. The molecule has 1 atom stereocenters. The minimum atomic E-state index is 0. The van der Waals surface area contributed by atoms with E-state index in [0.29, 0.717) is 5.41 Å². The van der Waals surface area contributed by atoms with Crippen LogP contribution in [0.1, 0.15) is 25.3 Å². The van der Waals surface area contributed by atoms with Crippen molar-refractivity contribution in [3.8, 4) is 0 Å². The van der Waals surface area contributed by atoms with Crippen LogP contribution in [-0.2, 0) is 11.2 Å². The van der Waals surface area contributed by atoms with Gasteiger partial charge in [0.1, 0.15) is 0 Å². The molecule has 4 nitrogen and oxygen atoms in total. The largest absolute Gasteiger partial charge is 0.381 e. The Labute approximate surface area is 179 Å². The van der Waals surface area contributed by atoms with Crippen molar-refractivity contribution in [3.05, 3.63) is 48.0 Å². The Balaban J connectivity index is 0.00000210. The van der Waals surface area contributed by atoms with Crippen LogP contribution in [-0.4, -0.2) is 50.3 Å². The maximum atomic E-state index is 5.66. The quantitative estimate of drug-likeness (QED) is 0.408. The van der Waals surface area contributed by atoms with Gasteiger partial charge in [-0.2, -0.15) is 0 Å². The van der Waals surface area contributed by atoms with Crippen LogP contribution in [0.5, 0.6) is 0 Å². The van der Waals surface area contributed by atoms with Crippen molar-refractivity contribution in [3.63, 3.8) is 0 Å². The fourth-order valence-corrected chi connectivity index (χ4v) is 4.20. The monoisotopic (exact) mass is 479 g/mol. The van der Waals surface area contributed by atoms with E-state index in [1.165, 1.54) is 29.2 Å². The molecule has 2 aliphatic heterocycles. The van der Waals surface area contributed by atoms with Crippen molar-refractivity contribution in [1.82, 2.24) is 10.2 Å². The molecule has 27 heavy (non-hydrogen) atoms. The minimum Gasteiger partial charge on any atom is -0.381 e. The first-order valence-corrected chi connectivity index (χ1v) is 9.87. The summed E-state index contributed by atoms with van der Waals surface area (Å²) in [4.78, 5) is 7.35. The molecule has 2 fully saturated rings. The number of guanidine groups is 1. The lowest BCUT2D eigenvalue weighted by molar-refractivity contribution is 0.156. The number of nitrogens with zero attached hydrogens (tertiary/aromatic N) is 2. The maximum Gasteiger partial charge on any atom is 0.193 e. The first-order valence-electron chi connectivity index (χ1n) is 9.87. The van der Waals surface area contributed by atoms with Gasteiger partial charge in [-0.25, -0.2) is 0 Å². The molecule has 2 aromatic rings. The molecule has 146 valence electrons. The normalized spacial score (nSPS) is 22.4. The van der Waals surface area contributed by atoms with Crippen LogP contribution in [0.15, 0.2) is 47.5 Å². The topological polar surface area (TPSA) is 36.9 Å². The molecule has 2 aromatic carbocycles. The van der Waals surface area contributed by atoms with E-state index in [0.717, 1.165) is 51.8 Å². The number of benzene rings is 2. The molecule has 0 bridgehead atoms. The van der Waals surface area contributed by atoms with Gasteiger partial charge in [0.05, 0.1) is 6.61 Å². The number of hydrogen-bond acceptors (Lipinski definition) is 2. The van der Waals surface area contributed by atoms with Gasteiger partial charge >= 0.3 is 0 Å². The Bertz CT molecular complexity index is 786. The molecular formula is C22H30IN3O. The van der Waals surface area contributed by atoms with Crippen LogP contribution in [0, 0.1) is 5.41 Å². The van der Waals surface area contributed by atoms with Gasteiger partial charge in [-0.3, -0.25) is 4.99 Å². The van der Waals surface area contributed by atoms with Crippen molar-refractivity contribution in [1.29, 1.82) is 0 Å². The van der Waals surface area contributed by atoms with Gasteiger partial charge in [-0.15, -0.1) is 24.0 Å². The van der Waals surface area contributed by atoms with E-state index in [2.05, 4.69) is 59.6 Å². The summed E-state index contributed by atoms with van der Waals surface area (Å²) in [5, 5.41) is 6.09. The Morgan fingerprint density at radius 2 is 2.04 bits per heavy atom. The molecule has 4 rings (SSSR count). The number of hydrogen-bond donors (Lipinski definition) is 1. The van der Waals surface area contributed by atoms with Crippen LogP contribution < -0.4 is 5.32 Å². The Morgan fingerprint density at radius 1 is 1.19 bits per heavy atom. The highest BCUT2D eigenvalue weighted by atomic mass is 127. The molecule has 0 radical (unpaired) electrons. The summed E-state index contributed by atoms with van der Waals surface area (Å²) in [6.45, 7) is 7.88. The molecule has 0 saturated carbocycles. The standard InChI is InChI=1S/C22H29N3O.HI/c1-2-23-21(25-13-10-22(16-25)11-14-26-17-22)24-12-9-18-7-8-19-5-3-4-6-20(19)15-18;/h3-8,15H,2,9-14,16-17H2,1H3,(H,23,24);1H. The molecule has 5 heteroatoms. The molecule has 1 unspecified atom stereocenters. The number of likely N-dealkylation sites (tertiary alicyclic amines) is 1. The first-order chi connectivity index (χ1) is 12.8. The average Bonchev–Trinajstić information content (AvgIpc) is 3.31. The molecule has 2 heterocycles. The van der Waals surface area contributed by atoms with Gasteiger partial charge in [0.25, 0.3) is 0 Å². The minimum absolute atomic E-state index is 0. The Hall–Kier alpha value is -1.34. The predicted octanol–water partition coefficient (Wildman–Crippen LogP) is 4.08. The van der Waals surface area contributed by atoms with Gasteiger partial charge in [0.2, 0.25) is 0 Å². The lowest BCUT2D eigenvalue weighted by Gasteiger charge is -2.25. The van der Waals surface area contributed by atoms with Gasteiger partial charge in [-0.1, -0.05) is 42.5 Å². The van der Waals surface area contributed by atoms with Crippen LogP contribution in [0.25, 0.3) is 10.8 Å². The highest BCUT2D eigenvalue weighted by molar-refractivity contribution is 14.0. The zero-order valence-electron chi connectivity index (χ0n) is 16.1. The number of aliphatic imine (C=N–C) groups is 1. The molecule has 1 spiro atoms. The van der Waals surface area contributed by atoms with E-state index in [-0.39, 0.29) is 24.0 Å². The van der Waals surface area contributed by atoms with E-state index >= 15 is 0 Å². The summed E-state index contributed by atoms with van der Waals surface area (Å²) in [5.74, 6) is 1.07. The number of rotatable bonds is 4. The van der Waals surface area contributed by atoms with Gasteiger partial charge in [0, 0.05) is 38.2 Å². The second kappa shape index (κ2) is 9.24. The smallest absolute Gasteiger partial charge is 0.193 e. The zero-order valence-corrected chi connectivity index (χ0v) is 18.4. The molecule has 0 aliphatic carbocycles. The second-order valence-corrected chi connectivity index (χ2v) is 7.64. The van der Waals surface area contributed by atoms with Gasteiger partial charge in [-0.05, 0) is 42.5 Å². The van der Waals surface area contributed by atoms with Crippen LogP contribution in [0.4, 0.5) is 0 Å². The van der Waals surface area contributed by atoms with Crippen molar-refractivity contribution in [2.24, 2.45) is 10.4 Å². The molecular weight excluding hydrogens is 449 g/mol. The number of ether oxygens (including phenoxy) is 1. The van der Waals surface area contributed by atoms with E-state index < -0.39 is 0 Å². The summed E-state index contributed by atoms with van der Waals surface area (Å²) < 4.78 is 5.66. The van der Waals surface area contributed by atoms with Gasteiger partial charge < -0.3 is 15.0 Å². The molecule has 2 aliphatic rings. The molecule has 1 N–H and O–H groups in total. The van der Waals surface area contributed by atoms with Crippen molar-refractivity contribution in [2.45, 2.75) is 26.2 Å². The van der Waals surface area contributed by atoms with Crippen molar-refractivity contribution in [2.75, 3.05) is 39.4 Å². The van der Waals surface area contributed by atoms with E-state index in [1.807, 2.05) is 0 Å². The van der Waals surface area contributed by atoms with Crippen LogP contribution >= 0.6 is 24.0 Å². The Kier molecular flexibility index (Phi) is 6.98. The molecule has 0 aromatic heterocycles. The summed E-state index contributed by atoms with van der Waals surface area (Å²) in [7, 11) is 0. The summed E-state index contributed by atoms with van der Waals surface area (Å²) in [6.07, 6.45) is 3.39. The lowest BCUT2D eigenvalue weighted by Crippen LogP contribution is -2.41. The fourth-order valence-electron chi connectivity index (χ4n) is 4.20. The molecule has 2 saturated heterocycles. The third-order valence-corrected chi connectivity index (χ3v) is 5.73. The first kappa shape index (κ1) is 20.4.